The predicted molar refractivity (Wildman–Crippen MR) is 70.2 cm³/mol. The molecule has 0 aliphatic heterocycles. The molecule has 0 aromatic carbocycles. The molecule has 0 bridgehead atoms. The number of methoxy groups -OCH3 is 1. The van der Waals surface area contributed by atoms with Gasteiger partial charge in [-0.15, -0.1) is 6.58 Å². The number of anilines is 1. The van der Waals surface area contributed by atoms with Gasteiger partial charge in [-0.25, -0.2) is 9.78 Å². The molecule has 0 aliphatic rings. The molecule has 0 aliphatic carbocycles. The Morgan fingerprint density at radius 3 is 2.83 bits per heavy atom. The Morgan fingerprint density at radius 2 is 2.33 bits per heavy atom. The molecule has 1 aromatic rings. The van der Waals surface area contributed by atoms with E-state index in [2.05, 4.69) is 11.6 Å². The topological polar surface area (TPSA) is 62.7 Å². The van der Waals surface area contributed by atoms with E-state index in [4.69, 9.17) is 9.84 Å². The maximum absolute atomic E-state index is 10.9. The molecule has 0 spiro atoms. The van der Waals surface area contributed by atoms with E-state index in [0.717, 1.165) is 5.82 Å². The van der Waals surface area contributed by atoms with E-state index in [1.807, 2.05) is 4.90 Å². The Morgan fingerprint density at radius 1 is 1.61 bits per heavy atom. The molecule has 0 saturated heterocycles. The number of carboxylic acids is 1. The van der Waals surface area contributed by atoms with E-state index in [1.165, 1.54) is 0 Å². The van der Waals surface area contributed by atoms with E-state index in [9.17, 15) is 4.79 Å². The molecule has 1 heterocycles. The maximum Gasteiger partial charge on any atom is 0.337 e. The van der Waals surface area contributed by atoms with Crippen LogP contribution in [0.5, 0.6) is 0 Å². The molecule has 0 unspecified atom stereocenters. The summed E-state index contributed by atoms with van der Waals surface area (Å²) in [7, 11) is 1.64. The number of pyridine rings is 1. The second-order valence-corrected chi connectivity index (χ2v) is 3.84. The van der Waals surface area contributed by atoms with E-state index >= 15 is 0 Å². The summed E-state index contributed by atoms with van der Waals surface area (Å²) >= 11 is 0. The Bertz CT molecular complexity index is 432. The fourth-order valence-electron chi connectivity index (χ4n) is 1.61. The average molecular weight is 250 g/mol. The van der Waals surface area contributed by atoms with E-state index < -0.39 is 5.97 Å². The minimum atomic E-state index is -0.960. The highest BCUT2D eigenvalue weighted by atomic mass is 16.5. The van der Waals surface area contributed by atoms with Gasteiger partial charge in [0.25, 0.3) is 0 Å². The second kappa shape index (κ2) is 6.76. The van der Waals surface area contributed by atoms with Gasteiger partial charge in [-0.3, -0.25) is 0 Å². The number of nitrogens with zero attached hydrogens (tertiary/aromatic N) is 2. The van der Waals surface area contributed by atoms with Crippen LogP contribution in [0.4, 0.5) is 5.82 Å². The van der Waals surface area contributed by atoms with Gasteiger partial charge in [0.15, 0.2) is 0 Å². The lowest BCUT2D eigenvalue weighted by atomic mass is 10.2. The van der Waals surface area contributed by atoms with E-state index in [-0.39, 0.29) is 5.56 Å². The lowest BCUT2D eigenvalue weighted by molar-refractivity contribution is 0.0695. The van der Waals surface area contributed by atoms with Crippen molar-refractivity contribution in [1.82, 2.24) is 4.98 Å². The third-order valence-electron chi connectivity index (χ3n) is 2.54. The second-order valence-electron chi connectivity index (χ2n) is 3.84. The van der Waals surface area contributed by atoms with Gasteiger partial charge in [0, 0.05) is 20.2 Å². The Kier molecular flexibility index (Phi) is 5.32. The smallest absolute Gasteiger partial charge is 0.337 e. The zero-order valence-electron chi connectivity index (χ0n) is 10.7. The predicted octanol–water partition coefficient (Wildman–Crippen LogP) is 1.73. The highest BCUT2D eigenvalue weighted by molar-refractivity contribution is 5.89. The minimum absolute atomic E-state index is 0.226. The largest absolute Gasteiger partial charge is 0.478 e. The van der Waals surface area contributed by atoms with E-state index in [0.29, 0.717) is 25.4 Å². The normalized spacial score (nSPS) is 10.1. The molecule has 0 saturated carbocycles. The first-order valence-corrected chi connectivity index (χ1v) is 5.66. The molecule has 0 radical (unpaired) electrons. The van der Waals surface area contributed by atoms with Crippen LogP contribution in [0.1, 0.15) is 16.1 Å². The Labute approximate surface area is 107 Å². The SMILES string of the molecule is C=CCN(CCOC)c1ccc(C(=O)O)c(C)n1. The third kappa shape index (κ3) is 3.56. The van der Waals surface area contributed by atoms with Crippen molar-refractivity contribution >= 4 is 11.8 Å². The summed E-state index contributed by atoms with van der Waals surface area (Å²) in [6, 6.07) is 3.28. The number of hydrogen-bond donors (Lipinski definition) is 1. The number of aryl methyl sites for hydroxylation is 1. The number of aromatic nitrogens is 1. The number of hydrogen-bond acceptors (Lipinski definition) is 4. The monoisotopic (exact) mass is 250 g/mol. The first kappa shape index (κ1) is 14.2. The summed E-state index contributed by atoms with van der Waals surface area (Å²) in [5, 5.41) is 8.95. The van der Waals surface area contributed by atoms with Crippen molar-refractivity contribution < 1.29 is 14.6 Å². The van der Waals surface area contributed by atoms with Crippen molar-refractivity contribution in [1.29, 1.82) is 0 Å². The summed E-state index contributed by atoms with van der Waals surface area (Å²) in [5.74, 6) is -0.229. The van der Waals surface area contributed by atoms with Gasteiger partial charge in [-0.05, 0) is 19.1 Å². The van der Waals surface area contributed by atoms with Crippen LogP contribution in [0.3, 0.4) is 0 Å². The molecule has 1 rings (SSSR count). The van der Waals surface area contributed by atoms with E-state index in [1.54, 1.807) is 32.2 Å². The highest BCUT2D eigenvalue weighted by Gasteiger charge is 2.12. The molecule has 5 nitrogen and oxygen atoms in total. The zero-order valence-corrected chi connectivity index (χ0v) is 10.7. The molecule has 0 amide bonds. The Balaban J connectivity index is 2.94. The van der Waals surface area contributed by atoms with Gasteiger partial charge in [0.2, 0.25) is 0 Å². The summed E-state index contributed by atoms with van der Waals surface area (Å²) in [6.45, 7) is 7.29. The molecule has 1 aromatic heterocycles. The van der Waals surface area contributed by atoms with Crippen molar-refractivity contribution in [3.8, 4) is 0 Å². The molecular formula is C13H18N2O3. The number of carbonyl (C=O) groups is 1. The summed E-state index contributed by atoms with van der Waals surface area (Å²) in [5.41, 5.74) is 0.732. The minimum Gasteiger partial charge on any atom is -0.478 e. The van der Waals surface area contributed by atoms with Crippen LogP contribution in [0.2, 0.25) is 0 Å². The van der Waals surface area contributed by atoms with Crippen molar-refractivity contribution in [2.24, 2.45) is 0 Å². The third-order valence-corrected chi connectivity index (χ3v) is 2.54. The van der Waals surface area contributed by atoms with Crippen LogP contribution in [-0.2, 0) is 4.74 Å². The van der Waals surface area contributed by atoms with Gasteiger partial charge < -0.3 is 14.7 Å². The quantitative estimate of drug-likeness (QED) is 0.747. The van der Waals surface area contributed by atoms with Crippen LogP contribution in [-0.4, -0.2) is 42.9 Å². The van der Waals surface area contributed by atoms with Crippen LogP contribution < -0.4 is 4.90 Å². The standard InChI is InChI=1S/C13H18N2O3/c1-4-7-15(8-9-18-3)12-6-5-11(13(16)17)10(2)14-12/h4-6H,1,7-9H2,2-3H3,(H,16,17). The van der Waals surface area contributed by atoms with Crippen LogP contribution in [0, 0.1) is 6.92 Å². The van der Waals surface area contributed by atoms with Gasteiger partial charge in [0.1, 0.15) is 5.82 Å². The lowest BCUT2D eigenvalue weighted by Gasteiger charge is -2.22. The molecular weight excluding hydrogens is 232 g/mol. The molecule has 1 N–H and O–H groups in total. The first-order valence-electron chi connectivity index (χ1n) is 5.66. The fraction of sp³-hybridized carbons (Fsp3) is 0.385. The highest BCUT2D eigenvalue weighted by Crippen LogP contribution is 2.14. The van der Waals surface area contributed by atoms with Gasteiger partial charge in [-0.1, -0.05) is 6.08 Å². The molecule has 98 valence electrons. The molecule has 18 heavy (non-hydrogen) atoms. The zero-order chi connectivity index (χ0) is 13.5. The molecule has 0 fully saturated rings. The van der Waals surface area contributed by atoms with Crippen molar-refractivity contribution in [3.05, 3.63) is 36.0 Å². The summed E-state index contributed by atoms with van der Waals surface area (Å²) in [4.78, 5) is 17.2. The summed E-state index contributed by atoms with van der Waals surface area (Å²) in [6.07, 6.45) is 1.78. The summed E-state index contributed by atoms with van der Waals surface area (Å²) < 4.78 is 5.03. The van der Waals surface area contributed by atoms with Crippen molar-refractivity contribution in [3.63, 3.8) is 0 Å². The molecule has 0 atom stereocenters. The lowest BCUT2D eigenvalue weighted by Crippen LogP contribution is -2.28. The van der Waals surface area contributed by atoms with Gasteiger partial charge in [0.05, 0.1) is 17.9 Å². The number of ether oxygens (including phenoxy) is 1. The number of rotatable bonds is 7. The number of aromatic carboxylic acids is 1. The fourth-order valence-corrected chi connectivity index (χ4v) is 1.61. The molecule has 5 heteroatoms. The number of carboxylic acid groups (broad SMARTS) is 1. The van der Waals surface area contributed by atoms with Crippen LogP contribution in [0.25, 0.3) is 0 Å². The van der Waals surface area contributed by atoms with Crippen molar-refractivity contribution in [2.75, 3.05) is 31.7 Å². The maximum atomic E-state index is 10.9. The van der Waals surface area contributed by atoms with Crippen molar-refractivity contribution in [2.45, 2.75) is 6.92 Å². The van der Waals surface area contributed by atoms with Gasteiger partial charge >= 0.3 is 5.97 Å². The van der Waals surface area contributed by atoms with Gasteiger partial charge in [-0.2, -0.15) is 0 Å². The average Bonchev–Trinajstić information content (AvgIpc) is 2.33. The van der Waals surface area contributed by atoms with Crippen LogP contribution in [0.15, 0.2) is 24.8 Å². The van der Waals surface area contributed by atoms with Crippen LogP contribution >= 0.6 is 0 Å². The first-order chi connectivity index (χ1) is 8.60. The Hall–Kier alpha value is -1.88.